The second-order valence-corrected chi connectivity index (χ2v) is 5.21. The first-order valence-corrected chi connectivity index (χ1v) is 7.00. The third-order valence-electron chi connectivity index (χ3n) is 2.69. The molecule has 96 valence electrons. The van der Waals surface area contributed by atoms with Crippen molar-refractivity contribution in [1.82, 2.24) is 0 Å². The zero-order valence-corrected chi connectivity index (χ0v) is 12.6. The molecular weight excluding hydrogens is 326 g/mol. The summed E-state index contributed by atoms with van der Waals surface area (Å²) >= 11 is 9.24. The average Bonchev–Trinajstić information content (AvgIpc) is 2.43. The van der Waals surface area contributed by atoms with Crippen LogP contribution in [0.2, 0.25) is 0 Å². The van der Waals surface area contributed by atoms with Gasteiger partial charge in [0.1, 0.15) is 11.5 Å². The predicted molar refractivity (Wildman–Crippen MR) is 79.7 cm³/mol. The normalized spacial score (nSPS) is 10.0. The molecule has 0 aliphatic rings. The van der Waals surface area contributed by atoms with Gasteiger partial charge in [-0.3, -0.25) is 0 Å². The van der Waals surface area contributed by atoms with Crippen molar-refractivity contribution in [2.75, 3.05) is 0 Å². The molecule has 0 spiro atoms. The number of hydrogen-bond donors (Lipinski definition) is 0. The second-order valence-electron chi connectivity index (χ2n) is 4.09. The molecule has 0 amide bonds. The largest absolute Gasteiger partial charge is 0.456 e. The van der Waals surface area contributed by atoms with Crippen LogP contribution in [0, 0.1) is 18.3 Å². The highest BCUT2D eigenvalue weighted by molar-refractivity contribution is 9.10. The summed E-state index contributed by atoms with van der Waals surface area (Å²) in [4.78, 5) is 0. The molecule has 0 fully saturated rings. The number of nitrogens with zero attached hydrogens (tertiary/aromatic N) is 1. The fourth-order valence-corrected chi connectivity index (χ4v) is 2.28. The van der Waals surface area contributed by atoms with Crippen molar-refractivity contribution >= 4 is 27.5 Å². The Hall–Kier alpha value is -1.50. The Bertz CT molecular complexity index is 649. The van der Waals surface area contributed by atoms with Gasteiger partial charge in [-0.15, -0.1) is 11.6 Å². The molecular formula is C15H11BrClNO. The van der Waals surface area contributed by atoms with Gasteiger partial charge in [-0.2, -0.15) is 5.26 Å². The Kier molecular flexibility index (Phi) is 4.47. The summed E-state index contributed by atoms with van der Waals surface area (Å²) in [7, 11) is 0. The van der Waals surface area contributed by atoms with E-state index in [1.807, 2.05) is 31.2 Å². The van der Waals surface area contributed by atoms with Gasteiger partial charge in [0, 0.05) is 5.88 Å². The minimum Gasteiger partial charge on any atom is -0.456 e. The SMILES string of the molecule is Cc1ccc(C#N)cc1Oc1ccc(CCl)cc1Br. The lowest BCUT2D eigenvalue weighted by molar-refractivity contribution is 0.475. The number of alkyl halides is 1. The third-order valence-corrected chi connectivity index (χ3v) is 3.62. The third kappa shape index (κ3) is 3.28. The van der Waals surface area contributed by atoms with Gasteiger partial charge in [-0.1, -0.05) is 12.1 Å². The Morgan fingerprint density at radius 3 is 2.63 bits per heavy atom. The van der Waals surface area contributed by atoms with Gasteiger partial charge in [0.15, 0.2) is 0 Å². The lowest BCUT2D eigenvalue weighted by Crippen LogP contribution is -1.90. The van der Waals surface area contributed by atoms with Gasteiger partial charge in [0.25, 0.3) is 0 Å². The number of benzene rings is 2. The molecule has 0 atom stereocenters. The van der Waals surface area contributed by atoms with E-state index in [0.29, 0.717) is 22.9 Å². The van der Waals surface area contributed by atoms with Gasteiger partial charge in [0.2, 0.25) is 0 Å². The van der Waals surface area contributed by atoms with Crippen LogP contribution < -0.4 is 4.74 Å². The second kappa shape index (κ2) is 6.10. The molecule has 0 aromatic heterocycles. The molecule has 2 aromatic rings. The molecule has 2 aromatic carbocycles. The van der Waals surface area contributed by atoms with Crippen LogP contribution in [0.4, 0.5) is 0 Å². The molecule has 2 nitrogen and oxygen atoms in total. The molecule has 0 aliphatic heterocycles. The maximum atomic E-state index is 8.91. The number of rotatable bonds is 3. The maximum Gasteiger partial charge on any atom is 0.141 e. The van der Waals surface area contributed by atoms with Crippen LogP contribution in [-0.2, 0) is 5.88 Å². The van der Waals surface area contributed by atoms with Crippen LogP contribution >= 0.6 is 27.5 Å². The molecule has 19 heavy (non-hydrogen) atoms. The van der Waals surface area contributed by atoms with Crippen molar-refractivity contribution in [2.24, 2.45) is 0 Å². The fourth-order valence-electron chi connectivity index (χ4n) is 1.61. The number of aryl methyl sites for hydroxylation is 1. The summed E-state index contributed by atoms with van der Waals surface area (Å²) in [6, 6.07) is 13.2. The van der Waals surface area contributed by atoms with Gasteiger partial charge in [-0.05, 0) is 58.2 Å². The lowest BCUT2D eigenvalue weighted by Gasteiger charge is -2.11. The van der Waals surface area contributed by atoms with E-state index in [4.69, 9.17) is 21.6 Å². The fraction of sp³-hybridized carbons (Fsp3) is 0.133. The first-order chi connectivity index (χ1) is 9.13. The predicted octanol–water partition coefficient (Wildman–Crippen LogP) is 5.16. The minimum atomic E-state index is 0.460. The van der Waals surface area contributed by atoms with Gasteiger partial charge in [-0.25, -0.2) is 0 Å². The molecule has 0 unspecified atom stereocenters. The number of halogens is 2. The first-order valence-electron chi connectivity index (χ1n) is 5.67. The molecule has 0 saturated heterocycles. The average molecular weight is 337 g/mol. The van der Waals surface area contributed by atoms with Crippen molar-refractivity contribution in [1.29, 1.82) is 5.26 Å². The first kappa shape index (κ1) is 13.9. The molecule has 0 saturated carbocycles. The quantitative estimate of drug-likeness (QED) is 0.725. The molecule has 4 heteroatoms. The summed E-state index contributed by atoms with van der Waals surface area (Å²) in [5, 5.41) is 8.91. The van der Waals surface area contributed by atoms with Crippen LogP contribution in [0.25, 0.3) is 0 Å². The molecule has 0 bridgehead atoms. The van der Waals surface area contributed by atoms with Crippen LogP contribution in [0.1, 0.15) is 16.7 Å². The highest BCUT2D eigenvalue weighted by Crippen LogP contribution is 2.32. The van der Waals surface area contributed by atoms with E-state index in [1.165, 1.54) is 0 Å². The molecule has 0 radical (unpaired) electrons. The highest BCUT2D eigenvalue weighted by atomic mass is 79.9. The van der Waals surface area contributed by atoms with Crippen LogP contribution in [0.3, 0.4) is 0 Å². The molecule has 0 heterocycles. The summed E-state index contributed by atoms with van der Waals surface area (Å²) in [6.07, 6.45) is 0. The zero-order chi connectivity index (χ0) is 13.8. The van der Waals surface area contributed by atoms with E-state index in [2.05, 4.69) is 22.0 Å². The Morgan fingerprint density at radius 2 is 2.00 bits per heavy atom. The van der Waals surface area contributed by atoms with Gasteiger partial charge >= 0.3 is 0 Å². The summed E-state index contributed by atoms with van der Waals surface area (Å²) in [6.45, 7) is 1.94. The maximum absolute atomic E-state index is 8.91. The van der Waals surface area contributed by atoms with E-state index in [9.17, 15) is 0 Å². The van der Waals surface area contributed by atoms with Crippen LogP contribution in [0.15, 0.2) is 40.9 Å². The monoisotopic (exact) mass is 335 g/mol. The summed E-state index contributed by atoms with van der Waals surface area (Å²) in [5.41, 5.74) is 2.57. The number of ether oxygens (including phenoxy) is 1. The molecule has 2 rings (SSSR count). The van der Waals surface area contributed by atoms with E-state index in [0.717, 1.165) is 15.6 Å². The van der Waals surface area contributed by atoms with Crippen molar-refractivity contribution < 1.29 is 4.74 Å². The molecule has 0 aliphatic carbocycles. The van der Waals surface area contributed by atoms with E-state index in [-0.39, 0.29) is 0 Å². The Morgan fingerprint density at radius 1 is 1.21 bits per heavy atom. The zero-order valence-electron chi connectivity index (χ0n) is 10.3. The summed E-state index contributed by atoms with van der Waals surface area (Å²) in [5.74, 6) is 1.84. The topological polar surface area (TPSA) is 33.0 Å². The van der Waals surface area contributed by atoms with Gasteiger partial charge < -0.3 is 4.74 Å². The van der Waals surface area contributed by atoms with E-state index in [1.54, 1.807) is 12.1 Å². The Labute approximate surface area is 125 Å². The standard InChI is InChI=1S/C15H11BrClNO/c1-10-2-3-12(9-18)7-15(10)19-14-5-4-11(8-17)6-13(14)16/h2-7H,8H2,1H3. The minimum absolute atomic E-state index is 0.460. The molecule has 0 N–H and O–H groups in total. The van der Waals surface area contributed by atoms with E-state index < -0.39 is 0 Å². The van der Waals surface area contributed by atoms with E-state index >= 15 is 0 Å². The van der Waals surface area contributed by atoms with Crippen LogP contribution in [0.5, 0.6) is 11.5 Å². The Balaban J connectivity index is 2.33. The highest BCUT2D eigenvalue weighted by Gasteiger charge is 2.07. The van der Waals surface area contributed by atoms with Crippen molar-refractivity contribution in [2.45, 2.75) is 12.8 Å². The smallest absolute Gasteiger partial charge is 0.141 e. The number of hydrogen-bond acceptors (Lipinski definition) is 2. The van der Waals surface area contributed by atoms with Crippen molar-refractivity contribution in [3.8, 4) is 17.6 Å². The van der Waals surface area contributed by atoms with Gasteiger partial charge in [0.05, 0.1) is 16.1 Å². The van der Waals surface area contributed by atoms with Crippen LogP contribution in [-0.4, -0.2) is 0 Å². The van der Waals surface area contributed by atoms with Crippen molar-refractivity contribution in [3.05, 3.63) is 57.6 Å². The van der Waals surface area contributed by atoms with Crippen molar-refractivity contribution in [3.63, 3.8) is 0 Å². The summed E-state index contributed by atoms with van der Waals surface area (Å²) < 4.78 is 6.68. The number of nitriles is 1. The lowest BCUT2D eigenvalue weighted by atomic mass is 10.1.